The molecular formula is C14H24N4O. The fourth-order valence-electron chi connectivity index (χ4n) is 3.61. The van der Waals surface area contributed by atoms with E-state index < -0.39 is 0 Å². The van der Waals surface area contributed by atoms with Gasteiger partial charge in [-0.15, -0.1) is 10.2 Å². The number of aromatic nitrogens is 3. The molecule has 2 heterocycles. The molecule has 0 saturated heterocycles. The smallest absolute Gasteiger partial charge is 0.159 e. The Morgan fingerprint density at radius 2 is 2.00 bits per heavy atom. The Hall–Kier alpha value is -0.940. The lowest BCUT2D eigenvalue weighted by Gasteiger charge is -2.32. The third kappa shape index (κ3) is 2.54. The van der Waals surface area contributed by atoms with Crippen LogP contribution in [0.25, 0.3) is 0 Å². The Labute approximate surface area is 114 Å². The van der Waals surface area contributed by atoms with Crippen molar-refractivity contribution in [3.8, 4) is 0 Å². The molecule has 0 amide bonds. The van der Waals surface area contributed by atoms with Gasteiger partial charge in [0, 0.05) is 38.7 Å². The summed E-state index contributed by atoms with van der Waals surface area (Å²) in [6.07, 6.45) is 6.54. The first-order valence-electron chi connectivity index (χ1n) is 7.45. The van der Waals surface area contributed by atoms with E-state index in [1.54, 1.807) is 7.11 Å². The van der Waals surface area contributed by atoms with Gasteiger partial charge in [0.2, 0.25) is 0 Å². The summed E-state index contributed by atoms with van der Waals surface area (Å²) in [5.41, 5.74) is 0. The summed E-state index contributed by atoms with van der Waals surface area (Å²) in [4.78, 5) is 2.69. The SMILES string of the molecule is COCc1nnc2n1CCN(C1CCCC1)C(C)C2. The van der Waals surface area contributed by atoms with E-state index >= 15 is 0 Å². The van der Waals surface area contributed by atoms with Gasteiger partial charge in [0.05, 0.1) is 0 Å². The van der Waals surface area contributed by atoms with Gasteiger partial charge in [0.25, 0.3) is 0 Å². The van der Waals surface area contributed by atoms with Crippen molar-refractivity contribution < 1.29 is 4.74 Å². The molecule has 0 spiro atoms. The topological polar surface area (TPSA) is 43.2 Å². The summed E-state index contributed by atoms with van der Waals surface area (Å²) < 4.78 is 7.47. The van der Waals surface area contributed by atoms with Gasteiger partial charge in [-0.1, -0.05) is 12.8 Å². The highest BCUT2D eigenvalue weighted by Crippen LogP contribution is 2.27. The zero-order valence-electron chi connectivity index (χ0n) is 12.0. The summed E-state index contributed by atoms with van der Waals surface area (Å²) in [6, 6.07) is 1.36. The van der Waals surface area contributed by atoms with E-state index in [1.165, 1.54) is 25.7 Å². The fraction of sp³-hybridized carbons (Fsp3) is 0.857. The predicted molar refractivity (Wildman–Crippen MR) is 72.9 cm³/mol. The molecule has 1 aliphatic carbocycles. The van der Waals surface area contributed by atoms with Crippen molar-refractivity contribution >= 4 is 0 Å². The molecule has 106 valence electrons. The molecule has 1 saturated carbocycles. The van der Waals surface area contributed by atoms with Gasteiger partial charge in [0.1, 0.15) is 12.4 Å². The quantitative estimate of drug-likeness (QED) is 0.832. The van der Waals surface area contributed by atoms with E-state index in [9.17, 15) is 0 Å². The van der Waals surface area contributed by atoms with E-state index in [1.807, 2.05) is 0 Å². The van der Waals surface area contributed by atoms with Crippen LogP contribution < -0.4 is 0 Å². The van der Waals surface area contributed by atoms with E-state index in [4.69, 9.17) is 4.74 Å². The second-order valence-electron chi connectivity index (χ2n) is 5.85. The molecule has 1 aliphatic heterocycles. The van der Waals surface area contributed by atoms with E-state index in [-0.39, 0.29) is 0 Å². The molecule has 5 heteroatoms. The number of ether oxygens (including phenoxy) is 1. The van der Waals surface area contributed by atoms with Gasteiger partial charge in [-0.2, -0.15) is 0 Å². The molecule has 1 aromatic heterocycles. The fourth-order valence-corrected chi connectivity index (χ4v) is 3.61. The molecule has 1 fully saturated rings. The number of hydrogen-bond donors (Lipinski definition) is 0. The largest absolute Gasteiger partial charge is 0.377 e. The first kappa shape index (κ1) is 13.1. The van der Waals surface area contributed by atoms with Crippen LogP contribution in [0, 0.1) is 0 Å². The van der Waals surface area contributed by atoms with Gasteiger partial charge in [0.15, 0.2) is 5.82 Å². The molecule has 2 aliphatic rings. The van der Waals surface area contributed by atoms with Crippen LogP contribution in [-0.4, -0.2) is 45.4 Å². The zero-order valence-corrected chi connectivity index (χ0v) is 12.0. The summed E-state index contributed by atoms with van der Waals surface area (Å²) in [7, 11) is 1.71. The lowest BCUT2D eigenvalue weighted by Crippen LogP contribution is -2.41. The second-order valence-corrected chi connectivity index (χ2v) is 5.85. The molecule has 1 aromatic rings. The van der Waals surface area contributed by atoms with E-state index in [2.05, 4.69) is 26.6 Å². The Morgan fingerprint density at radius 3 is 2.74 bits per heavy atom. The van der Waals surface area contributed by atoms with Crippen LogP contribution in [0.5, 0.6) is 0 Å². The van der Waals surface area contributed by atoms with Gasteiger partial charge in [-0.3, -0.25) is 4.90 Å². The third-order valence-electron chi connectivity index (χ3n) is 4.60. The molecule has 0 aromatic carbocycles. The summed E-state index contributed by atoms with van der Waals surface area (Å²) in [6.45, 7) is 5.01. The van der Waals surface area contributed by atoms with Gasteiger partial charge in [-0.05, 0) is 19.8 Å². The number of hydrogen-bond acceptors (Lipinski definition) is 4. The minimum absolute atomic E-state index is 0.560. The van der Waals surface area contributed by atoms with E-state index in [0.29, 0.717) is 12.6 Å². The lowest BCUT2D eigenvalue weighted by atomic mass is 10.1. The highest BCUT2D eigenvalue weighted by molar-refractivity contribution is 5.01. The average Bonchev–Trinajstić information content (AvgIpc) is 3.00. The van der Waals surface area contributed by atoms with Crippen LogP contribution in [0.2, 0.25) is 0 Å². The van der Waals surface area contributed by atoms with Crippen molar-refractivity contribution in [1.82, 2.24) is 19.7 Å². The summed E-state index contributed by atoms with van der Waals surface area (Å²) in [5, 5.41) is 8.61. The Balaban J connectivity index is 1.76. The van der Waals surface area contributed by atoms with Gasteiger partial charge < -0.3 is 9.30 Å². The average molecular weight is 264 g/mol. The normalized spacial score (nSPS) is 25.5. The Kier molecular flexibility index (Phi) is 3.84. The number of fused-ring (bicyclic) bond motifs is 1. The molecule has 1 unspecified atom stereocenters. The molecule has 5 nitrogen and oxygen atoms in total. The van der Waals surface area contributed by atoms with Gasteiger partial charge in [-0.25, -0.2) is 0 Å². The molecule has 19 heavy (non-hydrogen) atoms. The zero-order chi connectivity index (χ0) is 13.2. The number of rotatable bonds is 3. The highest BCUT2D eigenvalue weighted by Gasteiger charge is 2.30. The van der Waals surface area contributed by atoms with Crippen LogP contribution in [0.4, 0.5) is 0 Å². The summed E-state index contributed by atoms with van der Waals surface area (Å²) >= 11 is 0. The van der Waals surface area contributed by atoms with Crippen LogP contribution in [-0.2, 0) is 24.3 Å². The lowest BCUT2D eigenvalue weighted by molar-refractivity contribution is 0.144. The minimum Gasteiger partial charge on any atom is -0.377 e. The van der Waals surface area contributed by atoms with Crippen LogP contribution in [0.3, 0.4) is 0 Å². The van der Waals surface area contributed by atoms with Crippen molar-refractivity contribution in [3.05, 3.63) is 11.6 Å². The molecule has 0 bridgehead atoms. The molecular weight excluding hydrogens is 240 g/mol. The highest BCUT2D eigenvalue weighted by atomic mass is 16.5. The maximum absolute atomic E-state index is 5.21. The van der Waals surface area contributed by atoms with Crippen LogP contribution in [0.1, 0.15) is 44.3 Å². The maximum atomic E-state index is 5.21. The molecule has 0 radical (unpaired) electrons. The maximum Gasteiger partial charge on any atom is 0.159 e. The minimum atomic E-state index is 0.560. The van der Waals surface area contributed by atoms with E-state index in [0.717, 1.165) is 37.2 Å². The standard InChI is InChI=1S/C14H24N4O/c1-11-9-13-15-16-14(10-19-2)18(13)8-7-17(11)12-5-3-4-6-12/h11-12H,3-10H2,1-2H3. The molecule has 0 N–H and O–H groups in total. The molecule has 1 atom stereocenters. The third-order valence-corrected chi connectivity index (χ3v) is 4.60. The van der Waals surface area contributed by atoms with Crippen molar-refractivity contribution in [2.75, 3.05) is 13.7 Å². The number of nitrogens with zero attached hydrogens (tertiary/aromatic N) is 4. The molecule has 3 rings (SSSR count). The first-order chi connectivity index (χ1) is 9.29. The Morgan fingerprint density at radius 1 is 1.21 bits per heavy atom. The van der Waals surface area contributed by atoms with Crippen molar-refractivity contribution in [2.45, 2.75) is 64.3 Å². The predicted octanol–water partition coefficient (Wildman–Crippen LogP) is 1.61. The van der Waals surface area contributed by atoms with Crippen molar-refractivity contribution in [3.63, 3.8) is 0 Å². The second kappa shape index (κ2) is 5.59. The first-order valence-corrected chi connectivity index (χ1v) is 7.45. The summed E-state index contributed by atoms with van der Waals surface area (Å²) in [5.74, 6) is 2.10. The van der Waals surface area contributed by atoms with Crippen molar-refractivity contribution in [2.24, 2.45) is 0 Å². The van der Waals surface area contributed by atoms with Crippen molar-refractivity contribution in [1.29, 1.82) is 0 Å². The monoisotopic (exact) mass is 264 g/mol. The Bertz CT molecular complexity index is 425. The number of methoxy groups -OCH3 is 1. The van der Waals surface area contributed by atoms with Crippen LogP contribution in [0.15, 0.2) is 0 Å². The van der Waals surface area contributed by atoms with Gasteiger partial charge >= 0.3 is 0 Å². The van der Waals surface area contributed by atoms with Crippen LogP contribution >= 0.6 is 0 Å².